The molecule has 28 heavy (non-hydrogen) atoms. The second-order valence-electron chi connectivity index (χ2n) is 6.21. The lowest BCUT2D eigenvalue weighted by molar-refractivity contribution is -0.145. The summed E-state index contributed by atoms with van der Waals surface area (Å²) >= 11 is 0. The van der Waals surface area contributed by atoms with Crippen molar-refractivity contribution < 1.29 is 23.8 Å². The van der Waals surface area contributed by atoms with E-state index in [2.05, 4.69) is 10.3 Å². The van der Waals surface area contributed by atoms with E-state index < -0.39 is 23.7 Å². The van der Waals surface area contributed by atoms with Crippen molar-refractivity contribution >= 4 is 22.8 Å². The highest BCUT2D eigenvalue weighted by Gasteiger charge is 2.26. The zero-order chi connectivity index (χ0) is 20.3. The number of pyridine rings is 1. The summed E-state index contributed by atoms with van der Waals surface area (Å²) in [5.74, 6) is -1.62. The molecule has 3 rings (SSSR count). The van der Waals surface area contributed by atoms with Crippen LogP contribution in [0.2, 0.25) is 0 Å². The van der Waals surface area contributed by atoms with Crippen molar-refractivity contribution in [2.75, 3.05) is 6.61 Å². The molecule has 0 radical (unpaired) electrons. The number of hydrogen-bond donors (Lipinski definition) is 2. The fraction of sp³-hybridized carbons (Fsp3) is 0.190. The van der Waals surface area contributed by atoms with Gasteiger partial charge in [-0.05, 0) is 49.7 Å². The van der Waals surface area contributed by atoms with E-state index >= 15 is 0 Å². The molecular formula is C21H19FN2O4. The number of esters is 1. The minimum absolute atomic E-state index is 0.0355. The normalized spacial score (nSPS) is 11.8. The van der Waals surface area contributed by atoms with Crippen LogP contribution in [0.25, 0.3) is 10.9 Å². The summed E-state index contributed by atoms with van der Waals surface area (Å²) in [4.78, 5) is 29.5. The fourth-order valence-corrected chi connectivity index (χ4v) is 2.88. The number of rotatable bonds is 5. The van der Waals surface area contributed by atoms with Gasteiger partial charge in [0.2, 0.25) is 0 Å². The number of hydrogen-bond acceptors (Lipinski definition) is 5. The molecule has 0 bridgehead atoms. The van der Waals surface area contributed by atoms with E-state index in [1.165, 1.54) is 30.3 Å². The Morgan fingerprint density at radius 3 is 2.71 bits per heavy atom. The molecule has 1 amide bonds. The first kappa shape index (κ1) is 19.3. The second-order valence-corrected chi connectivity index (χ2v) is 6.21. The predicted molar refractivity (Wildman–Crippen MR) is 101 cm³/mol. The Labute approximate surface area is 161 Å². The summed E-state index contributed by atoms with van der Waals surface area (Å²) in [6.07, 6.45) is 0. The van der Waals surface area contributed by atoms with E-state index in [-0.39, 0.29) is 17.9 Å². The van der Waals surface area contributed by atoms with Crippen LogP contribution in [-0.4, -0.2) is 28.6 Å². The van der Waals surface area contributed by atoms with Crippen molar-refractivity contribution in [1.82, 2.24) is 10.3 Å². The van der Waals surface area contributed by atoms with E-state index in [9.17, 15) is 19.1 Å². The van der Waals surface area contributed by atoms with E-state index in [4.69, 9.17) is 4.74 Å². The molecule has 0 saturated carbocycles. The summed E-state index contributed by atoms with van der Waals surface area (Å²) < 4.78 is 18.4. The van der Waals surface area contributed by atoms with Crippen LogP contribution in [0.5, 0.6) is 5.75 Å². The highest BCUT2D eigenvalue weighted by atomic mass is 19.1. The molecule has 1 atom stereocenters. The SMILES string of the molecule is CCOC(=O)[C@H](NC(=O)c1cc2ccc(F)cc2nc1C)c1cccc(O)c1. The smallest absolute Gasteiger partial charge is 0.333 e. The number of halogens is 1. The van der Waals surface area contributed by atoms with Crippen LogP contribution in [0.15, 0.2) is 48.5 Å². The van der Waals surface area contributed by atoms with Gasteiger partial charge in [-0.2, -0.15) is 0 Å². The standard InChI is InChI=1S/C21H19FN2O4/c1-3-28-21(27)19(14-5-4-6-16(25)9-14)24-20(26)17-10-13-7-8-15(22)11-18(13)23-12(17)2/h4-11,19,25H,3H2,1-2H3,(H,24,26)/t19-/m1/s1. The maximum absolute atomic E-state index is 13.4. The molecule has 0 unspecified atom stereocenters. The number of benzene rings is 2. The first-order valence-corrected chi connectivity index (χ1v) is 8.72. The monoisotopic (exact) mass is 382 g/mol. The molecule has 0 aliphatic carbocycles. The zero-order valence-electron chi connectivity index (χ0n) is 15.4. The number of aromatic nitrogens is 1. The van der Waals surface area contributed by atoms with Gasteiger partial charge in [0, 0.05) is 11.5 Å². The molecule has 7 heteroatoms. The highest BCUT2D eigenvalue weighted by Crippen LogP contribution is 2.22. The topological polar surface area (TPSA) is 88.5 Å². The van der Waals surface area contributed by atoms with Crippen molar-refractivity contribution in [2.24, 2.45) is 0 Å². The summed E-state index contributed by atoms with van der Waals surface area (Å²) in [6, 6.07) is 10.6. The number of carbonyl (C=O) groups is 2. The van der Waals surface area contributed by atoms with Gasteiger partial charge in [0.25, 0.3) is 5.91 Å². The maximum Gasteiger partial charge on any atom is 0.333 e. The van der Waals surface area contributed by atoms with E-state index in [0.717, 1.165) is 0 Å². The Morgan fingerprint density at radius 1 is 1.21 bits per heavy atom. The zero-order valence-corrected chi connectivity index (χ0v) is 15.4. The number of amides is 1. The minimum atomic E-state index is -1.09. The van der Waals surface area contributed by atoms with Crippen LogP contribution in [0.4, 0.5) is 4.39 Å². The van der Waals surface area contributed by atoms with Gasteiger partial charge < -0.3 is 15.2 Å². The van der Waals surface area contributed by atoms with Gasteiger partial charge in [-0.1, -0.05) is 12.1 Å². The van der Waals surface area contributed by atoms with E-state index in [1.807, 2.05) is 0 Å². The third-order valence-electron chi connectivity index (χ3n) is 4.22. The fourth-order valence-electron chi connectivity index (χ4n) is 2.88. The first-order valence-electron chi connectivity index (χ1n) is 8.72. The molecule has 0 spiro atoms. The molecule has 3 aromatic rings. The highest BCUT2D eigenvalue weighted by molar-refractivity contribution is 6.00. The summed E-state index contributed by atoms with van der Waals surface area (Å²) in [7, 11) is 0. The number of aryl methyl sites for hydroxylation is 1. The lowest BCUT2D eigenvalue weighted by Gasteiger charge is -2.18. The summed E-state index contributed by atoms with van der Waals surface area (Å²) in [5, 5.41) is 12.9. The number of ether oxygens (including phenoxy) is 1. The Balaban J connectivity index is 1.95. The lowest BCUT2D eigenvalue weighted by atomic mass is 10.0. The minimum Gasteiger partial charge on any atom is -0.508 e. The van der Waals surface area contributed by atoms with Gasteiger partial charge in [0.15, 0.2) is 6.04 Å². The van der Waals surface area contributed by atoms with Gasteiger partial charge in [0.1, 0.15) is 11.6 Å². The molecule has 6 nitrogen and oxygen atoms in total. The Morgan fingerprint density at radius 2 is 2.00 bits per heavy atom. The van der Waals surface area contributed by atoms with Crippen molar-refractivity contribution in [3.05, 3.63) is 71.2 Å². The number of fused-ring (bicyclic) bond motifs is 1. The van der Waals surface area contributed by atoms with Crippen LogP contribution in [-0.2, 0) is 9.53 Å². The van der Waals surface area contributed by atoms with Crippen LogP contribution in [0.3, 0.4) is 0 Å². The lowest BCUT2D eigenvalue weighted by Crippen LogP contribution is -2.35. The number of nitrogens with one attached hydrogen (secondary N) is 1. The quantitative estimate of drug-likeness (QED) is 0.660. The predicted octanol–water partition coefficient (Wildman–Crippen LogP) is 3.42. The van der Waals surface area contributed by atoms with Crippen LogP contribution in [0, 0.1) is 12.7 Å². The van der Waals surface area contributed by atoms with Crippen LogP contribution in [0.1, 0.15) is 34.6 Å². The average molecular weight is 382 g/mol. The number of phenols is 1. The van der Waals surface area contributed by atoms with E-state index in [1.54, 1.807) is 32.0 Å². The number of nitrogens with zero attached hydrogens (tertiary/aromatic N) is 1. The molecule has 0 saturated heterocycles. The van der Waals surface area contributed by atoms with Crippen molar-refractivity contribution in [3.63, 3.8) is 0 Å². The summed E-state index contributed by atoms with van der Waals surface area (Å²) in [6.45, 7) is 3.44. The Hall–Kier alpha value is -3.48. The first-order chi connectivity index (χ1) is 13.4. The summed E-state index contributed by atoms with van der Waals surface area (Å²) in [5.41, 5.74) is 1.48. The molecule has 0 aliphatic heterocycles. The molecule has 0 aliphatic rings. The number of phenolic OH excluding ortho intramolecular Hbond substituents is 1. The Bertz CT molecular complexity index is 1050. The van der Waals surface area contributed by atoms with Gasteiger partial charge in [0.05, 0.1) is 23.4 Å². The molecule has 0 fully saturated rings. The third kappa shape index (κ3) is 4.09. The van der Waals surface area contributed by atoms with Crippen molar-refractivity contribution in [1.29, 1.82) is 0 Å². The second kappa shape index (κ2) is 8.04. The maximum atomic E-state index is 13.4. The number of aromatic hydroxyl groups is 1. The van der Waals surface area contributed by atoms with Crippen LogP contribution >= 0.6 is 0 Å². The average Bonchev–Trinajstić information content (AvgIpc) is 2.65. The Kier molecular flexibility index (Phi) is 5.54. The van der Waals surface area contributed by atoms with Gasteiger partial charge in [-0.3, -0.25) is 9.78 Å². The van der Waals surface area contributed by atoms with Gasteiger partial charge in [-0.25, -0.2) is 9.18 Å². The molecule has 2 aromatic carbocycles. The third-order valence-corrected chi connectivity index (χ3v) is 4.22. The molecule has 2 N–H and O–H groups in total. The van der Waals surface area contributed by atoms with Gasteiger partial charge >= 0.3 is 5.97 Å². The van der Waals surface area contributed by atoms with Crippen molar-refractivity contribution in [2.45, 2.75) is 19.9 Å². The molecule has 1 heterocycles. The molecule has 144 valence electrons. The van der Waals surface area contributed by atoms with Gasteiger partial charge in [-0.15, -0.1) is 0 Å². The molecule has 1 aromatic heterocycles. The number of carbonyl (C=O) groups excluding carboxylic acids is 2. The largest absolute Gasteiger partial charge is 0.508 e. The van der Waals surface area contributed by atoms with Crippen LogP contribution < -0.4 is 5.32 Å². The van der Waals surface area contributed by atoms with Crippen molar-refractivity contribution in [3.8, 4) is 5.75 Å². The molecular weight excluding hydrogens is 363 g/mol. The van der Waals surface area contributed by atoms with E-state index in [0.29, 0.717) is 22.2 Å².